The van der Waals surface area contributed by atoms with Crippen LogP contribution in [0, 0.1) is 6.92 Å². The molecular weight excluding hydrogens is 452 g/mol. The maximum Gasteiger partial charge on any atom is 0.295 e. The minimum atomic E-state index is -0.641. The van der Waals surface area contributed by atoms with Crippen LogP contribution >= 0.6 is 0 Å². The fourth-order valence-electron chi connectivity index (χ4n) is 4.62. The van der Waals surface area contributed by atoms with Crippen molar-refractivity contribution in [2.24, 2.45) is 0 Å². The van der Waals surface area contributed by atoms with Gasteiger partial charge in [0.15, 0.2) is 0 Å². The molecule has 0 radical (unpaired) electrons. The van der Waals surface area contributed by atoms with Gasteiger partial charge in [0.25, 0.3) is 11.7 Å². The van der Waals surface area contributed by atoms with Crippen LogP contribution in [0.2, 0.25) is 0 Å². The number of amides is 1. The Morgan fingerprint density at radius 1 is 1.03 bits per heavy atom. The topological polar surface area (TPSA) is 70.1 Å². The number of ether oxygens (including phenoxy) is 1. The number of aliphatic hydroxyl groups is 1. The Balaban J connectivity index is 2.04. The zero-order valence-corrected chi connectivity index (χ0v) is 22.3. The number of carbonyl (C=O) groups is 2. The SMILES string of the molecule is CCCCOc1ccc(/C(O)=C2\C(=O)C(=O)N(CCN(CC)CC)[C@@H]2c2ccc(CC)cc2)cc1C. The standard InChI is InChI=1S/C30H40N2O4/c1-6-10-19-36-25-16-15-24(20-21(25)5)28(33)26-27(23-13-11-22(7-2)12-14-23)32(30(35)29(26)34)18-17-31(8-3)9-4/h11-16,20,27,33H,6-10,17-19H2,1-5H3/b28-26+/t27-/m1/s1. The molecule has 6 heteroatoms. The van der Waals surface area contributed by atoms with Crippen molar-refractivity contribution in [3.05, 3.63) is 70.3 Å². The van der Waals surface area contributed by atoms with Crippen LogP contribution in [-0.2, 0) is 16.0 Å². The Kier molecular flexibility index (Phi) is 9.71. The quantitative estimate of drug-likeness (QED) is 0.183. The van der Waals surface area contributed by atoms with Gasteiger partial charge < -0.3 is 19.6 Å². The number of Topliss-reactive ketones (excluding diaryl/α,β-unsaturated/α-hetero) is 1. The van der Waals surface area contributed by atoms with Gasteiger partial charge in [-0.3, -0.25) is 9.59 Å². The van der Waals surface area contributed by atoms with E-state index in [2.05, 4.69) is 32.6 Å². The van der Waals surface area contributed by atoms with Crippen LogP contribution in [0.1, 0.15) is 68.8 Å². The van der Waals surface area contributed by atoms with E-state index in [1.807, 2.05) is 43.3 Å². The summed E-state index contributed by atoms with van der Waals surface area (Å²) in [5, 5.41) is 11.4. The first-order valence-electron chi connectivity index (χ1n) is 13.2. The number of aliphatic hydroxyl groups excluding tert-OH is 1. The summed E-state index contributed by atoms with van der Waals surface area (Å²) in [5.74, 6) is -0.597. The molecule has 1 aliphatic rings. The van der Waals surface area contributed by atoms with Crippen molar-refractivity contribution in [1.82, 2.24) is 9.80 Å². The molecule has 0 saturated carbocycles. The Hall–Kier alpha value is -3.12. The van der Waals surface area contributed by atoms with Crippen molar-refractivity contribution in [3.63, 3.8) is 0 Å². The molecule has 1 fully saturated rings. The first-order valence-corrected chi connectivity index (χ1v) is 13.2. The van der Waals surface area contributed by atoms with E-state index in [4.69, 9.17) is 4.74 Å². The lowest BCUT2D eigenvalue weighted by Gasteiger charge is -2.28. The minimum absolute atomic E-state index is 0.142. The molecule has 0 bridgehead atoms. The van der Waals surface area contributed by atoms with Gasteiger partial charge in [-0.2, -0.15) is 0 Å². The lowest BCUT2D eigenvalue weighted by atomic mass is 9.94. The minimum Gasteiger partial charge on any atom is -0.507 e. The van der Waals surface area contributed by atoms with Crippen molar-refractivity contribution in [2.45, 2.75) is 59.9 Å². The molecule has 0 spiro atoms. The van der Waals surface area contributed by atoms with Crippen LogP contribution in [0.15, 0.2) is 48.0 Å². The number of hydrogen-bond acceptors (Lipinski definition) is 5. The summed E-state index contributed by atoms with van der Waals surface area (Å²) < 4.78 is 5.85. The van der Waals surface area contributed by atoms with Crippen molar-refractivity contribution in [3.8, 4) is 5.75 Å². The van der Waals surface area contributed by atoms with Gasteiger partial charge in [0.2, 0.25) is 0 Å². The number of ketones is 1. The van der Waals surface area contributed by atoms with Gasteiger partial charge in [0.1, 0.15) is 11.5 Å². The number of aryl methyl sites for hydroxylation is 2. The average molecular weight is 493 g/mol. The van der Waals surface area contributed by atoms with E-state index in [0.717, 1.165) is 49.2 Å². The predicted molar refractivity (Wildman–Crippen MR) is 144 cm³/mol. The van der Waals surface area contributed by atoms with Crippen molar-refractivity contribution >= 4 is 17.4 Å². The van der Waals surface area contributed by atoms with Gasteiger partial charge in [-0.25, -0.2) is 0 Å². The van der Waals surface area contributed by atoms with E-state index < -0.39 is 17.7 Å². The van der Waals surface area contributed by atoms with E-state index in [0.29, 0.717) is 25.3 Å². The summed E-state index contributed by atoms with van der Waals surface area (Å²) in [5.41, 5.74) is 3.52. The van der Waals surface area contributed by atoms with E-state index in [9.17, 15) is 14.7 Å². The van der Waals surface area contributed by atoms with E-state index in [-0.39, 0.29) is 11.3 Å². The normalized spacial score (nSPS) is 17.3. The van der Waals surface area contributed by atoms with Crippen LogP contribution in [0.3, 0.4) is 0 Å². The van der Waals surface area contributed by atoms with Crippen molar-refractivity contribution in [2.75, 3.05) is 32.8 Å². The molecule has 0 unspecified atom stereocenters. The number of likely N-dealkylation sites (tertiary alicyclic amines) is 1. The summed E-state index contributed by atoms with van der Waals surface area (Å²) >= 11 is 0. The van der Waals surface area contributed by atoms with Gasteiger partial charge in [-0.05, 0) is 67.7 Å². The second-order valence-corrected chi connectivity index (χ2v) is 9.30. The zero-order chi connectivity index (χ0) is 26.2. The summed E-state index contributed by atoms with van der Waals surface area (Å²) in [6.45, 7) is 13.7. The highest BCUT2D eigenvalue weighted by atomic mass is 16.5. The second kappa shape index (κ2) is 12.7. The molecule has 2 aromatic carbocycles. The third-order valence-corrected chi connectivity index (χ3v) is 7.00. The van der Waals surface area contributed by atoms with Gasteiger partial charge in [-0.1, -0.05) is 58.4 Å². The number of carbonyl (C=O) groups excluding carboxylic acids is 2. The molecule has 1 amide bonds. The Morgan fingerprint density at radius 2 is 1.72 bits per heavy atom. The van der Waals surface area contributed by atoms with Crippen molar-refractivity contribution in [1.29, 1.82) is 0 Å². The summed E-state index contributed by atoms with van der Waals surface area (Å²) in [7, 11) is 0. The molecule has 1 atom stereocenters. The lowest BCUT2D eigenvalue weighted by Crippen LogP contribution is -2.38. The van der Waals surface area contributed by atoms with Gasteiger partial charge in [-0.15, -0.1) is 0 Å². The maximum atomic E-state index is 13.3. The fourth-order valence-corrected chi connectivity index (χ4v) is 4.62. The second-order valence-electron chi connectivity index (χ2n) is 9.30. The highest BCUT2D eigenvalue weighted by Crippen LogP contribution is 2.39. The van der Waals surface area contributed by atoms with Gasteiger partial charge in [0.05, 0.1) is 18.2 Å². The summed E-state index contributed by atoms with van der Waals surface area (Å²) in [6, 6.07) is 12.7. The smallest absolute Gasteiger partial charge is 0.295 e. The lowest BCUT2D eigenvalue weighted by molar-refractivity contribution is -0.140. The average Bonchev–Trinajstić information content (AvgIpc) is 3.15. The summed E-state index contributed by atoms with van der Waals surface area (Å²) in [4.78, 5) is 30.3. The van der Waals surface area contributed by atoms with Crippen LogP contribution in [0.4, 0.5) is 0 Å². The Bertz CT molecular complexity index is 1090. The van der Waals surface area contributed by atoms with Gasteiger partial charge in [0, 0.05) is 18.7 Å². The van der Waals surface area contributed by atoms with E-state index in [1.54, 1.807) is 11.0 Å². The van der Waals surface area contributed by atoms with Gasteiger partial charge >= 0.3 is 0 Å². The largest absolute Gasteiger partial charge is 0.507 e. The first kappa shape index (κ1) is 27.5. The molecule has 1 saturated heterocycles. The Labute approximate surface area is 215 Å². The fraction of sp³-hybridized carbons (Fsp3) is 0.467. The third-order valence-electron chi connectivity index (χ3n) is 7.00. The Morgan fingerprint density at radius 3 is 2.31 bits per heavy atom. The molecule has 6 nitrogen and oxygen atoms in total. The highest BCUT2D eigenvalue weighted by molar-refractivity contribution is 6.46. The van der Waals surface area contributed by atoms with Crippen LogP contribution in [0.5, 0.6) is 5.75 Å². The zero-order valence-electron chi connectivity index (χ0n) is 22.3. The first-order chi connectivity index (χ1) is 17.4. The number of benzene rings is 2. The predicted octanol–water partition coefficient (Wildman–Crippen LogP) is 5.50. The monoisotopic (exact) mass is 492 g/mol. The van der Waals surface area contributed by atoms with Crippen LogP contribution < -0.4 is 4.74 Å². The molecule has 2 aromatic rings. The van der Waals surface area contributed by atoms with Crippen LogP contribution in [-0.4, -0.2) is 59.4 Å². The van der Waals surface area contributed by atoms with E-state index >= 15 is 0 Å². The third kappa shape index (κ3) is 5.98. The maximum absolute atomic E-state index is 13.3. The molecule has 194 valence electrons. The molecule has 1 heterocycles. The number of nitrogens with zero attached hydrogens (tertiary/aromatic N) is 2. The highest BCUT2D eigenvalue weighted by Gasteiger charge is 2.46. The molecule has 0 aromatic heterocycles. The number of hydrogen-bond donors (Lipinski definition) is 1. The molecule has 0 aliphatic carbocycles. The number of likely N-dealkylation sites (N-methyl/N-ethyl adjacent to an activating group) is 1. The van der Waals surface area contributed by atoms with Crippen molar-refractivity contribution < 1.29 is 19.4 Å². The molecule has 3 rings (SSSR count). The van der Waals surface area contributed by atoms with Crippen LogP contribution in [0.25, 0.3) is 5.76 Å². The molecular formula is C30H40N2O4. The summed E-state index contributed by atoms with van der Waals surface area (Å²) in [6.07, 6.45) is 2.91. The molecule has 1 aliphatic heterocycles. The van der Waals surface area contributed by atoms with E-state index in [1.165, 1.54) is 5.56 Å². The molecule has 1 N–H and O–H groups in total. The molecule has 36 heavy (non-hydrogen) atoms. The number of unbranched alkanes of at least 4 members (excludes halogenated alkanes) is 1. The number of rotatable bonds is 12.